The van der Waals surface area contributed by atoms with Crippen molar-refractivity contribution in [1.82, 2.24) is 4.98 Å². The van der Waals surface area contributed by atoms with Crippen LogP contribution in [0.5, 0.6) is 0 Å². The zero-order valence-corrected chi connectivity index (χ0v) is 11.2. The summed E-state index contributed by atoms with van der Waals surface area (Å²) < 4.78 is 13.3. The number of rotatable bonds is 4. The van der Waals surface area contributed by atoms with Crippen LogP contribution in [0.4, 0.5) is 10.1 Å². The molecule has 1 amide bonds. The summed E-state index contributed by atoms with van der Waals surface area (Å²) in [7, 11) is 0. The minimum Gasteiger partial charge on any atom is -0.323 e. The molecule has 0 aliphatic heterocycles. The Kier molecular flexibility index (Phi) is 4.52. The van der Waals surface area contributed by atoms with Gasteiger partial charge in [0.15, 0.2) is 0 Å². The molecule has 2 rings (SSSR count). The van der Waals surface area contributed by atoms with Gasteiger partial charge in [0.2, 0.25) is 5.91 Å². The van der Waals surface area contributed by atoms with E-state index in [0.29, 0.717) is 0 Å². The molecule has 2 aromatic rings. The Balaban J connectivity index is 1.88. The van der Waals surface area contributed by atoms with E-state index in [0.717, 1.165) is 10.6 Å². The van der Waals surface area contributed by atoms with Gasteiger partial charge in [0.25, 0.3) is 0 Å². The van der Waals surface area contributed by atoms with Gasteiger partial charge in [-0.25, -0.2) is 9.37 Å². The lowest BCUT2D eigenvalue weighted by Gasteiger charge is -2.05. The van der Waals surface area contributed by atoms with Gasteiger partial charge < -0.3 is 5.32 Å². The molecule has 0 unspecified atom stereocenters. The molecule has 0 atom stereocenters. The molecule has 0 spiro atoms. The van der Waals surface area contributed by atoms with Crippen molar-refractivity contribution in [2.75, 3.05) is 11.1 Å². The summed E-state index contributed by atoms with van der Waals surface area (Å²) in [4.78, 5) is 15.9. The number of aryl methyl sites for hydroxylation is 1. The van der Waals surface area contributed by atoms with E-state index in [1.54, 1.807) is 18.3 Å². The third-order valence-corrected chi connectivity index (χ3v) is 3.33. The van der Waals surface area contributed by atoms with E-state index >= 15 is 0 Å². The highest BCUT2D eigenvalue weighted by Gasteiger charge is 2.07. The van der Waals surface area contributed by atoms with Crippen LogP contribution in [-0.4, -0.2) is 16.6 Å². The van der Waals surface area contributed by atoms with Crippen LogP contribution in [0.2, 0.25) is 0 Å². The van der Waals surface area contributed by atoms with E-state index in [-0.39, 0.29) is 17.3 Å². The summed E-state index contributed by atoms with van der Waals surface area (Å²) in [6.45, 7) is 1.95. The van der Waals surface area contributed by atoms with Crippen LogP contribution in [0.15, 0.2) is 47.6 Å². The zero-order chi connectivity index (χ0) is 13.7. The molecule has 0 aliphatic carbocycles. The number of aromatic nitrogens is 1. The molecule has 0 aliphatic rings. The van der Waals surface area contributed by atoms with Crippen molar-refractivity contribution in [3.05, 3.63) is 54.0 Å². The van der Waals surface area contributed by atoms with Crippen LogP contribution in [0.25, 0.3) is 0 Å². The van der Waals surface area contributed by atoms with Crippen molar-refractivity contribution < 1.29 is 9.18 Å². The summed E-state index contributed by atoms with van der Waals surface area (Å²) in [5, 5.41) is 3.30. The highest BCUT2D eigenvalue weighted by molar-refractivity contribution is 7.99. The highest BCUT2D eigenvalue weighted by Crippen LogP contribution is 2.17. The fraction of sp³-hybridized carbons (Fsp3) is 0.143. The lowest BCUT2D eigenvalue weighted by atomic mass is 10.3. The van der Waals surface area contributed by atoms with Crippen LogP contribution in [0, 0.1) is 12.7 Å². The molecule has 0 fully saturated rings. The van der Waals surface area contributed by atoms with Gasteiger partial charge in [-0.2, -0.15) is 0 Å². The van der Waals surface area contributed by atoms with Crippen molar-refractivity contribution >= 4 is 23.4 Å². The maximum absolute atomic E-state index is 13.3. The smallest absolute Gasteiger partial charge is 0.234 e. The number of halogens is 1. The minimum atomic E-state index is -0.436. The molecule has 1 heterocycles. The van der Waals surface area contributed by atoms with Gasteiger partial charge in [0.05, 0.1) is 16.5 Å². The number of nitrogens with zero attached hydrogens (tertiary/aromatic N) is 1. The van der Waals surface area contributed by atoms with Gasteiger partial charge in [0, 0.05) is 6.20 Å². The van der Waals surface area contributed by atoms with Crippen molar-refractivity contribution in [3.63, 3.8) is 0 Å². The molecule has 0 saturated heterocycles. The third-order valence-electron chi connectivity index (χ3n) is 2.38. The summed E-state index contributed by atoms with van der Waals surface area (Å²) in [5.41, 5.74) is 1.27. The first-order chi connectivity index (χ1) is 9.15. The second-order valence-corrected chi connectivity index (χ2v) is 4.99. The summed E-state index contributed by atoms with van der Waals surface area (Å²) in [6, 6.07) is 9.89. The van der Waals surface area contributed by atoms with E-state index in [4.69, 9.17) is 0 Å². The fourth-order valence-corrected chi connectivity index (χ4v) is 2.07. The van der Waals surface area contributed by atoms with E-state index in [9.17, 15) is 9.18 Å². The first kappa shape index (κ1) is 13.5. The van der Waals surface area contributed by atoms with Gasteiger partial charge in [-0.15, -0.1) is 0 Å². The molecule has 1 N–H and O–H groups in total. The second kappa shape index (κ2) is 6.33. The molecule has 0 saturated carbocycles. The van der Waals surface area contributed by atoms with Crippen LogP contribution in [0.1, 0.15) is 5.56 Å². The lowest BCUT2D eigenvalue weighted by Crippen LogP contribution is -2.15. The van der Waals surface area contributed by atoms with Gasteiger partial charge in [0.1, 0.15) is 5.82 Å². The molecule has 1 aromatic heterocycles. The van der Waals surface area contributed by atoms with Gasteiger partial charge >= 0.3 is 0 Å². The maximum atomic E-state index is 13.3. The average Bonchev–Trinajstić information content (AvgIpc) is 2.41. The fourth-order valence-electron chi connectivity index (χ4n) is 1.43. The Morgan fingerprint density at radius 2 is 2.11 bits per heavy atom. The normalized spacial score (nSPS) is 10.2. The number of carbonyl (C=O) groups is 1. The zero-order valence-electron chi connectivity index (χ0n) is 10.4. The monoisotopic (exact) mass is 276 g/mol. The Hall–Kier alpha value is -1.88. The van der Waals surface area contributed by atoms with E-state index in [1.807, 2.05) is 19.1 Å². The number of pyridine rings is 1. The maximum Gasteiger partial charge on any atom is 0.234 e. The number of amides is 1. The highest BCUT2D eigenvalue weighted by atomic mass is 32.2. The predicted molar refractivity (Wildman–Crippen MR) is 74.7 cm³/mol. The quantitative estimate of drug-likeness (QED) is 0.872. The number of anilines is 1. The number of hydrogen-bond donors (Lipinski definition) is 1. The Bertz CT molecular complexity index is 572. The standard InChI is InChI=1S/C14H13FN2OS/c1-10-6-7-14(16-8-10)19-9-13(18)17-12-5-3-2-4-11(12)15/h2-8H,9H2,1H3,(H,17,18). The van der Waals surface area contributed by atoms with E-state index in [2.05, 4.69) is 10.3 Å². The van der Waals surface area contributed by atoms with Crippen molar-refractivity contribution in [2.45, 2.75) is 11.9 Å². The molecule has 19 heavy (non-hydrogen) atoms. The van der Waals surface area contributed by atoms with Crippen molar-refractivity contribution in [2.24, 2.45) is 0 Å². The summed E-state index contributed by atoms with van der Waals surface area (Å²) in [5.74, 6) is -0.489. The van der Waals surface area contributed by atoms with Crippen LogP contribution in [0.3, 0.4) is 0 Å². The SMILES string of the molecule is Cc1ccc(SCC(=O)Nc2ccccc2F)nc1. The number of benzene rings is 1. The Labute approximate surface area is 115 Å². The molecule has 1 aromatic carbocycles. The Morgan fingerprint density at radius 1 is 1.32 bits per heavy atom. The molecule has 5 heteroatoms. The largest absolute Gasteiger partial charge is 0.323 e. The first-order valence-corrected chi connectivity index (χ1v) is 6.73. The summed E-state index contributed by atoms with van der Waals surface area (Å²) in [6.07, 6.45) is 1.75. The average molecular weight is 276 g/mol. The third kappa shape index (κ3) is 4.06. The van der Waals surface area contributed by atoms with Crippen molar-refractivity contribution in [1.29, 1.82) is 0 Å². The van der Waals surface area contributed by atoms with Crippen LogP contribution >= 0.6 is 11.8 Å². The minimum absolute atomic E-state index is 0.199. The molecule has 0 bridgehead atoms. The number of nitrogens with one attached hydrogen (secondary N) is 1. The topological polar surface area (TPSA) is 42.0 Å². The molecule has 98 valence electrons. The van der Waals surface area contributed by atoms with E-state index < -0.39 is 5.82 Å². The molecular weight excluding hydrogens is 263 g/mol. The van der Waals surface area contributed by atoms with Crippen LogP contribution in [-0.2, 0) is 4.79 Å². The second-order valence-electron chi connectivity index (χ2n) is 3.99. The lowest BCUT2D eigenvalue weighted by molar-refractivity contribution is -0.113. The predicted octanol–water partition coefficient (Wildman–Crippen LogP) is 3.26. The van der Waals surface area contributed by atoms with Gasteiger partial charge in [-0.3, -0.25) is 4.79 Å². The number of hydrogen-bond acceptors (Lipinski definition) is 3. The van der Waals surface area contributed by atoms with Gasteiger partial charge in [-0.05, 0) is 30.7 Å². The van der Waals surface area contributed by atoms with E-state index in [1.165, 1.54) is 23.9 Å². The number of carbonyl (C=O) groups excluding carboxylic acids is 1. The van der Waals surface area contributed by atoms with Crippen LogP contribution < -0.4 is 5.32 Å². The molecule has 3 nitrogen and oxygen atoms in total. The first-order valence-electron chi connectivity index (χ1n) is 5.75. The Morgan fingerprint density at radius 3 is 2.79 bits per heavy atom. The molecular formula is C14H13FN2OS. The molecule has 0 radical (unpaired) electrons. The number of para-hydroxylation sites is 1. The number of thioether (sulfide) groups is 1. The van der Waals surface area contributed by atoms with Gasteiger partial charge in [-0.1, -0.05) is 30.0 Å². The summed E-state index contributed by atoms with van der Waals surface area (Å²) >= 11 is 1.32. The van der Waals surface area contributed by atoms with Crippen molar-refractivity contribution in [3.8, 4) is 0 Å².